The molecule has 2 aromatic heterocycles. The molecule has 2 heterocycles. The van der Waals surface area contributed by atoms with Gasteiger partial charge in [-0.1, -0.05) is 23.2 Å². The lowest BCUT2D eigenvalue weighted by Crippen LogP contribution is -1.82. The van der Waals surface area contributed by atoms with Crippen molar-refractivity contribution in [3.63, 3.8) is 0 Å². The SMILES string of the molecule is Clc1ccnc2c(Cl)nccc12. The lowest BCUT2D eigenvalue weighted by molar-refractivity contribution is 1.31. The van der Waals surface area contributed by atoms with Crippen LogP contribution in [0.25, 0.3) is 10.9 Å². The monoisotopic (exact) mass is 198 g/mol. The van der Waals surface area contributed by atoms with Gasteiger partial charge in [0.05, 0.1) is 5.02 Å². The minimum absolute atomic E-state index is 0.384. The first-order valence-corrected chi connectivity index (χ1v) is 4.09. The van der Waals surface area contributed by atoms with E-state index in [9.17, 15) is 0 Å². The summed E-state index contributed by atoms with van der Waals surface area (Å²) in [6.07, 6.45) is 3.22. The van der Waals surface area contributed by atoms with Crippen molar-refractivity contribution in [2.45, 2.75) is 0 Å². The van der Waals surface area contributed by atoms with E-state index in [1.54, 1.807) is 24.5 Å². The molecule has 0 atom stereocenters. The fraction of sp³-hybridized carbons (Fsp3) is 0. The molecule has 4 heteroatoms. The molecule has 0 unspecified atom stereocenters. The maximum Gasteiger partial charge on any atom is 0.155 e. The summed E-state index contributed by atoms with van der Waals surface area (Å²) in [5.74, 6) is 0. The largest absolute Gasteiger partial charge is 0.253 e. The van der Waals surface area contributed by atoms with Gasteiger partial charge in [-0.2, -0.15) is 0 Å². The summed E-state index contributed by atoms with van der Waals surface area (Å²) in [4.78, 5) is 7.96. The molecule has 0 aliphatic rings. The Balaban J connectivity index is 2.94. The van der Waals surface area contributed by atoms with Gasteiger partial charge in [-0.25, -0.2) is 4.98 Å². The van der Waals surface area contributed by atoms with Gasteiger partial charge in [0, 0.05) is 17.8 Å². The maximum atomic E-state index is 5.90. The summed E-state index contributed by atoms with van der Waals surface area (Å²) in [5.41, 5.74) is 0.645. The highest BCUT2D eigenvalue weighted by molar-refractivity contribution is 6.38. The smallest absolute Gasteiger partial charge is 0.155 e. The quantitative estimate of drug-likeness (QED) is 0.609. The zero-order valence-electron chi connectivity index (χ0n) is 5.96. The van der Waals surface area contributed by atoms with Gasteiger partial charge in [0.25, 0.3) is 0 Å². The molecule has 0 aromatic carbocycles. The lowest BCUT2D eigenvalue weighted by Gasteiger charge is -1.98. The van der Waals surface area contributed by atoms with Gasteiger partial charge in [-0.05, 0) is 12.1 Å². The van der Waals surface area contributed by atoms with Crippen molar-refractivity contribution >= 4 is 34.1 Å². The number of aromatic nitrogens is 2. The number of halogens is 2. The van der Waals surface area contributed by atoms with E-state index in [0.717, 1.165) is 5.39 Å². The number of hydrogen-bond acceptors (Lipinski definition) is 2. The first kappa shape index (κ1) is 7.77. The van der Waals surface area contributed by atoms with Crippen molar-refractivity contribution < 1.29 is 0 Å². The van der Waals surface area contributed by atoms with Crippen LogP contribution in [0.15, 0.2) is 24.5 Å². The van der Waals surface area contributed by atoms with Crippen LogP contribution in [0.5, 0.6) is 0 Å². The van der Waals surface area contributed by atoms with E-state index in [4.69, 9.17) is 23.2 Å². The van der Waals surface area contributed by atoms with Crippen molar-refractivity contribution in [2.24, 2.45) is 0 Å². The Morgan fingerprint density at radius 2 is 1.75 bits per heavy atom. The third kappa shape index (κ3) is 1.13. The second-order valence-corrected chi connectivity index (χ2v) is 3.06. The van der Waals surface area contributed by atoms with E-state index in [-0.39, 0.29) is 0 Å². The van der Waals surface area contributed by atoms with E-state index in [2.05, 4.69) is 9.97 Å². The van der Waals surface area contributed by atoms with Gasteiger partial charge in [0.1, 0.15) is 5.52 Å². The predicted octanol–water partition coefficient (Wildman–Crippen LogP) is 2.94. The number of hydrogen-bond donors (Lipinski definition) is 0. The van der Waals surface area contributed by atoms with Crippen LogP contribution in [-0.4, -0.2) is 9.97 Å². The number of nitrogens with zero attached hydrogens (tertiary/aromatic N) is 2. The summed E-state index contributed by atoms with van der Waals surface area (Å²) in [7, 11) is 0. The van der Waals surface area contributed by atoms with E-state index in [1.807, 2.05) is 0 Å². The molecular formula is C8H4Cl2N2. The molecule has 0 aliphatic heterocycles. The Hall–Kier alpha value is -0.860. The number of pyridine rings is 2. The first-order valence-electron chi connectivity index (χ1n) is 3.34. The van der Waals surface area contributed by atoms with E-state index in [0.29, 0.717) is 15.7 Å². The molecule has 0 bridgehead atoms. The minimum Gasteiger partial charge on any atom is -0.253 e. The molecule has 2 rings (SSSR count). The van der Waals surface area contributed by atoms with Gasteiger partial charge in [0.15, 0.2) is 5.15 Å². The summed E-state index contributed by atoms with van der Waals surface area (Å²) in [6.45, 7) is 0. The van der Waals surface area contributed by atoms with Gasteiger partial charge in [-0.15, -0.1) is 0 Å². The standard InChI is InChI=1S/C8H4Cl2N2/c9-6-2-4-11-7-5(6)1-3-12-8(7)10/h1-4H. The van der Waals surface area contributed by atoms with Crippen LogP contribution in [0.4, 0.5) is 0 Å². The molecule has 2 aromatic rings. The molecule has 12 heavy (non-hydrogen) atoms. The molecule has 60 valence electrons. The normalized spacial score (nSPS) is 10.5. The Labute approximate surface area is 79.2 Å². The molecule has 0 fully saturated rings. The van der Waals surface area contributed by atoms with Crippen molar-refractivity contribution in [3.8, 4) is 0 Å². The highest BCUT2D eigenvalue weighted by atomic mass is 35.5. The van der Waals surface area contributed by atoms with Gasteiger partial charge >= 0.3 is 0 Å². The second kappa shape index (κ2) is 2.88. The third-order valence-electron chi connectivity index (χ3n) is 1.56. The fourth-order valence-electron chi connectivity index (χ4n) is 1.01. The molecule has 0 saturated carbocycles. The Morgan fingerprint density at radius 1 is 1.00 bits per heavy atom. The average Bonchev–Trinajstić information content (AvgIpc) is 2.07. The Morgan fingerprint density at radius 3 is 2.50 bits per heavy atom. The zero-order valence-corrected chi connectivity index (χ0v) is 7.47. The summed E-state index contributed by atoms with van der Waals surface area (Å²) >= 11 is 11.7. The van der Waals surface area contributed by atoms with Crippen LogP contribution in [0.3, 0.4) is 0 Å². The van der Waals surface area contributed by atoms with Crippen LogP contribution in [0.1, 0.15) is 0 Å². The second-order valence-electron chi connectivity index (χ2n) is 2.29. The van der Waals surface area contributed by atoms with Crippen molar-refractivity contribution in [1.29, 1.82) is 0 Å². The Bertz CT molecular complexity index is 387. The maximum absolute atomic E-state index is 5.90. The third-order valence-corrected chi connectivity index (χ3v) is 2.17. The summed E-state index contributed by atoms with van der Waals surface area (Å²) in [6, 6.07) is 3.51. The number of rotatable bonds is 0. The van der Waals surface area contributed by atoms with Crippen molar-refractivity contribution in [2.75, 3.05) is 0 Å². The molecule has 0 radical (unpaired) electrons. The lowest BCUT2D eigenvalue weighted by atomic mass is 10.3. The molecule has 0 spiro atoms. The topological polar surface area (TPSA) is 25.8 Å². The van der Waals surface area contributed by atoms with E-state index in [1.165, 1.54) is 0 Å². The molecule has 2 nitrogen and oxygen atoms in total. The molecule has 0 amide bonds. The molecular weight excluding hydrogens is 195 g/mol. The highest BCUT2D eigenvalue weighted by Crippen LogP contribution is 2.24. The Kier molecular flexibility index (Phi) is 1.87. The predicted molar refractivity (Wildman–Crippen MR) is 49.6 cm³/mol. The fourth-order valence-corrected chi connectivity index (χ4v) is 1.43. The van der Waals surface area contributed by atoms with Crippen molar-refractivity contribution in [1.82, 2.24) is 9.97 Å². The number of fused-ring (bicyclic) bond motifs is 1. The molecule has 0 N–H and O–H groups in total. The minimum atomic E-state index is 0.384. The first-order chi connectivity index (χ1) is 5.79. The van der Waals surface area contributed by atoms with Crippen LogP contribution in [0, 0.1) is 0 Å². The van der Waals surface area contributed by atoms with Crippen LogP contribution in [0.2, 0.25) is 10.2 Å². The van der Waals surface area contributed by atoms with Gasteiger partial charge in [0.2, 0.25) is 0 Å². The highest BCUT2D eigenvalue weighted by Gasteiger charge is 2.02. The van der Waals surface area contributed by atoms with E-state index >= 15 is 0 Å². The van der Waals surface area contributed by atoms with Crippen LogP contribution in [-0.2, 0) is 0 Å². The summed E-state index contributed by atoms with van der Waals surface area (Å²) < 4.78 is 0. The van der Waals surface area contributed by atoms with Crippen LogP contribution < -0.4 is 0 Å². The van der Waals surface area contributed by atoms with Gasteiger partial charge < -0.3 is 0 Å². The molecule has 0 saturated heterocycles. The summed E-state index contributed by atoms with van der Waals surface area (Å²) in [5, 5.41) is 1.86. The molecule has 0 aliphatic carbocycles. The van der Waals surface area contributed by atoms with Crippen molar-refractivity contribution in [3.05, 3.63) is 34.7 Å². The average molecular weight is 199 g/mol. The van der Waals surface area contributed by atoms with E-state index < -0.39 is 0 Å². The van der Waals surface area contributed by atoms with Gasteiger partial charge in [-0.3, -0.25) is 4.98 Å². The zero-order chi connectivity index (χ0) is 8.55. The van der Waals surface area contributed by atoms with Crippen LogP contribution >= 0.6 is 23.2 Å².